The van der Waals surface area contributed by atoms with Crippen LogP contribution < -0.4 is 5.32 Å². The second-order valence-electron chi connectivity index (χ2n) is 5.22. The van der Waals surface area contributed by atoms with Gasteiger partial charge in [-0.1, -0.05) is 32.1 Å². The summed E-state index contributed by atoms with van der Waals surface area (Å²) in [5, 5.41) is 3.00. The van der Waals surface area contributed by atoms with Gasteiger partial charge in [-0.2, -0.15) is 0 Å². The van der Waals surface area contributed by atoms with Crippen molar-refractivity contribution in [1.29, 1.82) is 0 Å². The van der Waals surface area contributed by atoms with E-state index < -0.39 is 0 Å². The number of amides is 1. The molecule has 0 unspecified atom stereocenters. The molecule has 0 bridgehead atoms. The number of carbonyl (C=O) groups is 1. The molecule has 0 aromatic heterocycles. The summed E-state index contributed by atoms with van der Waals surface area (Å²) in [5.41, 5.74) is 0.876. The smallest absolute Gasteiger partial charge is 0.224 e. The number of halogens is 2. The summed E-state index contributed by atoms with van der Waals surface area (Å²) in [4.78, 5) is 12.0. The largest absolute Gasteiger partial charge is 0.325 e. The molecule has 1 aromatic rings. The first kappa shape index (κ1) is 15.3. The lowest BCUT2D eigenvalue weighted by molar-refractivity contribution is -0.116. The standard InChI is InChI=1S/C15H19BrINO/c16-13-8-7-12(17)10-14(13)18-15(19)9-6-11-4-2-1-3-5-11/h7-8,10-11H,1-6,9H2,(H,18,19). The highest BCUT2D eigenvalue weighted by atomic mass is 127. The lowest BCUT2D eigenvalue weighted by Gasteiger charge is -2.21. The predicted molar refractivity (Wildman–Crippen MR) is 91.3 cm³/mol. The molecule has 2 nitrogen and oxygen atoms in total. The fourth-order valence-electron chi connectivity index (χ4n) is 2.62. The van der Waals surface area contributed by atoms with Gasteiger partial charge in [-0.3, -0.25) is 4.79 Å². The second-order valence-corrected chi connectivity index (χ2v) is 7.32. The highest BCUT2D eigenvalue weighted by Gasteiger charge is 2.15. The van der Waals surface area contributed by atoms with Crippen molar-refractivity contribution >= 4 is 50.1 Å². The van der Waals surface area contributed by atoms with E-state index in [-0.39, 0.29) is 5.91 Å². The molecule has 1 saturated carbocycles. The Morgan fingerprint density at radius 1 is 1.32 bits per heavy atom. The van der Waals surface area contributed by atoms with E-state index in [0.29, 0.717) is 6.42 Å². The van der Waals surface area contributed by atoms with Crippen LogP contribution in [0.2, 0.25) is 0 Å². The summed E-state index contributed by atoms with van der Waals surface area (Å²) in [7, 11) is 0. The van der Waals surface area contributed by atoms with Crippen molar-refractivity contribution in [2.24, 2.45) is 5.92 Å². The van der Waals surface area contributed by atoms with Crippen LogP contribution in [0.15, 0.2) is 22.7 Å². The number of nitrogens with one attached hydrogen (secondary N) is 1. The zero-order valence-electron chi connectivity index (χ0n) is 10.9. The number of hydrogen-bond acceptors (Lipinski definition) is 1. The molecular weight excluding hydrogens is 417 g/mol. The van der Waals surface area contributed by atoms with E-state index in [2.05, 4.69) is 43.8 Å². The first-order valence-electron chi connectivity index (χ1n) is 6.90. The molecule has 1 aliphatic carbocycles. The van der Waals surface area contributed by atoms with E-state index in [4.69, 9.17) is 0 Å². The Balaban J connectivity index is 1.81. The summed E-state index contributed by atoms with van der Waals surface area (Å²) in [6, 6.07) is 5.98. The van der Waals surface area contributed by atoms with Crippen LogP contribution in [0, 0.1) is 9.49 Å². The Kier molecular flexibility index (Phi) is 6.13. The van der Waals surface area contributed by atoms with Crippen LogP contribution >= 0.6 is 38.5 Å². The van der Waals surface area contributed by atoms with Crippen LogP contribution in [0.5, 0.6) is 0 Å². The molecular formula is C15H19BrINO. The SMILES string of the molecule is O=C(CCC1CCCCC1)Nc1cc(I)ccc1Br. The first-order valence-corrected chi connectivity index (χ1v) is 8.77. The maximum Gasteiger partial charge on any atom is 0.224 e. The van der Waals surface area contributed by atoms with Gasteiger partial charge in [0.1, 0.15) is 0 Å². The Labute approximate surface area is 137 Å². The molecule has 0 aliphatic heterocycles. The topological polar surface area (TPSA) is 29.1 Å². The lowest BCUT2D eigenvalue weighted by atomic mass is 9.86. The van der Waals surface area contributed by atoms with Crippen molar-refractivity contribution in [2.75, 3.05) is 5.32 Å². The summed E-state index contributed by atoms with van der Waals surface area (Å²) in [5.74, 6) is 0.895. The molecule has 4 heteroatoms. The van der Waals surface area contributed by atoms with Crippen LogP contribution in [0.3, 0.4) is 0 Å². The minimum atomic E-state index is 0.133. The summed E-state index contributed by atoms with van der Waals surface area (Å²) in [6.45, 7) is 0. The van der Waals surface area contributed by atoms with E-state index in [1.807, 2.05) is 18.2 Å². The minimum absolute atomic E-state index is 0.133. The second kappa shape index (κ2) is 7.62. The molecule has 2 rings (SSSR count). The molecule has 1 amide bonds. The number of hydrogen-bond donors (Lipinski definition) is 1. The Morgan fingerprint density at radius 3 is 2.79 bits per heavy atom. The van der Waals surface area contributed by atoms with Crippen LogP contribution in [0.25, 0.3) is 0 Å². The fourth-order valence-corrected chi connectivity index (χ4v) is 3.45. The molecule has 1 fully saturated rings. The van der Waals surface area contributed by atoms with Crippen LogP contribution in [0.4, 0.5) is 5.69 Å². The third kappa shape index (κ3) is 5.06. The summed E-state index contributed by atoms with van der Waals surface area (Å²) >= 11 is 5.72. The Hall–Kier alpha value is -0.100. The van der Waals surface area contributed by atoms with Gasteiger partial charge in [0.2, 0.25) is 5.91 Å². The summed E-state index contributed by atoms with van der Waals surface area (Å²) < 4.78 is 2.07. The maximum absolute atomic E-state index is 12.0. The van der Waals surface area contributed by atoms with Gasteiger partial charge in [-0.15, -0.1) is 0 Å². The van der Waals surface area contributed by atoms with E-state index in [1.54, 1.807) is 0 Å². The van der Waals surface area contributed by atoms with Crippen LogP contribution in [-0.2, 0) is 4.79 Å². The van der Waals surface area contributed by atoms with Gasteiger partial charge < -0.3 is 5.32 Å². The van der Waals surface area contributed by atoms with Crippen LogP contribution in [0.1, 0.15) is 44.9 Å². The summed E-state index contributed by atoms with van der Waals surface area (Å²) in [6.07, 6.45) is 8.35. The van der Waals surface area contributed by atoms with Gasteiger partial charge in [0.25, 0.3) is 0 Å². The molecule has 1 aliphatic rings. The minimum Gasteiger partial charge on any atom is -0.325 e. The Morgan fingerprint density at radius 2 is 2.05 bits per heavy atom. The molecule has 0 heterocycles. The predicted octanol–water partition coefficient (Wildman–Crippen LogP) is 5.35. The zero-order valence-corrected chi connectivity index (χ0v) is 14.7. The lowest BCUT2D eigenvalue weighted by Crippen LogP contribution is -2.15. The normalized spacial score (nSPS) is 16.3. The van der Waals surface area contributed by atoms with Gasteiger partial charge >= 0.3 is 0 Å². The number of anilines is 1. The van der Waals surface area contributed by atoms with Crippen molar-refractivity contribution in [3.8, 4) is 0 Å². The van der Waals surface area contributed by atoms with Gasteiger partial charge in [-0.25, -0.2) is 0 Å². The monoisotopic (exact) mass is 435 g/mol. The maximum atomic E-state index is 12.0. The highest BCUT2D eigenvalue weighted by molar-refractivity contribution is 14.1. The first-order chi connectivity index (χ1) is 9.15. The fraction of sp³-hybridized carbons (Fsp3) is 0.533. The van der Waals surface area contributed by atoms with Crippen molar-refractivity contribution in [3.63, 3.8) is 0 Å². The highest BCUT2D eigenvalue weighted by Crippen LogP contribution is 2.28. The molecule has 104 valence electrons. The van der Waals surface area contributed by atoms with Gasteiger partial charge in [0.15, 0.2) is 0 Å². The quantitative estimate of drug-likeness (QED) is 0.634. The number of carbonyl (C=O) groups excluding carboxylic acids is 1. The average Bonchev–Trinajstić information content (AvgIpc) is 2.42. The van der Waals surface area contributed by atoms with Crippen LogP contribution in [-0.4, -0.2) is 5.91 Å². The third-order valence-corrected chi connectivity index (χ3v) is 5.07. The van der Waals surface area contributed by atoms with Gasteiger partial charge in [-0.05, 0) is 69.1 Å². The molecule has 1 aromatic carbocycles. The van der Waals surface area contributed by atoms with E-state index in [1.165, 1.54) is 32.1 Å². The van der Waals surface area contributed by atoms with Crippen molar-refractivity contribution in [1.82, 2.24) is 0 Å². The zero-order chi connectivity index (χ0) is 13.7. The molecule has 19 heavy (non-hydrogen) atoms. The van der Waals surface area contributed by atoms with Gasteiger partial charge in [0.05, 0.1) is 5.69 Å². The average molecular weight is 436 g/mol. The van der Waals surface area contributed by atoms with E-state index >= 15 is 0 Å². The van der Waals surface area contributed by atoms with Crippen molar-refractivity contribution in [2.45, 2.75) is 44.9 Å². The third-order valence-electron chi connectivity index (χ3n) is 3.71. The molecule has 0 radical (unpaired) electrons. The molecule has 0 spiro atoms. The number of benzene rings is 1. The molecule has 0 saturated heterocycles. The van der Waals surface area contributed by atoms with Crippen molar-refractivity contribution in [3.05, 3.63) is 26.2 Å². The Bertz CT molecular complexity index is 444. The molecule has 1 N–H and O–H groups in total. The van der Waals surface area contributed by atoms with E-state index in [0.717, 1.165) is 26.1 Å². The van der Waals surface area contributed by atoms with Gasteiger partial charge in [0, 0.05) is 14.5 Å². The number of rotatable bonds is 4. The molecule has 0 atom stereocenters. The van der Waals surface area contributed by atoms with E-state index in [9.17, 15) is 4.79 Å². The van der Waals surface area contributed by atoms with Crippen molar-refractivity contribution < 1.29 is 4.79 Å².